The Morgan fingerprint density at radius 2 is 1.95 bits per heavy atom. The van der Waals surface area contributed by atoms with Crippen LogP contribution in [0.4, 0.5) is 5.69 Å². The predicted octanol–water partition coefficient (Wildman–Crippen LogP) is 1.42. The molecule has 2 aromatic rings. The van der Waals surface area contributed by atoms with E-state index < -0.39 is 17.9 Å². The van der Waals surface area contributed by atoms with Gasteiger partial charge in [-0.25, -0.2) is 0 Å². The minimum absolute atomic E-state index is 0.0857. The van der Waals surface area contributed by atoms with Gasteiger partial charge in [-0.2, -0.15) is 0 Å². The number of hydrogen-bond acceptors (Lipinski definition) is 4. The number of carboxylic acids is 1. The molecule has 0 saturated carbocycles. The molecule has 0 aliphatic heterocycles. The molecule has 0 heterocycles. The number of fused-ring (bicyclic) bond motifs is 1. The highest BCUT2D eigenvalue weighted by Gasteiger charge is 2.06. The third-order valence-electron chi connectivity index (χ3n) is 2.98. The maximum atomic E-state index is 11.9. The topological polar surface area (TPSA) is 98.7 Å². The van der Waals surface area contributed by atoms with E-state index in [2.05, 4.69) is 4.99 Å². The van der Waals surface area contributed by atoms with Gasteiger partial charge in [-0.3, -0.25) is 9.79 Å². The maximum Gasteiger partial charge on any atom is 0.303 e. The van der Waals surface area contributed by atoms with Gasteiger partial charge < -0.3 is 15.9 Å². The van der Waals surface area contributed by atoms with Crippen molar-refractivity contribution < 1.29 is 15.0 Å². The number of carboxylic acid groups (broad SMARTS) is 1. The fourth-order valence-corrected chi connectivity index (χ4v) is 1.91. The average molecular weight is 271 g/mol. The summed E-state index contributed by atoms with van der Waals surface area (Å²) in [4.78, 5) is 14.5. The Hall–Kier alpha value is -2.40. The summed E-state index contributed by atoms with van der Waals surface area (Å²) >= 11 is 0. The third-order valence-corrected chi connectivity index (χ3v) is 2.98. The Kier molecular flexibility index (Phi) is 4.32. The average Bonchev–Trinajstić information content (AvgIpc) is 2.45. The first kappa shape index (κ1) is 14.0. The standard InChI is InChI=1S/C15H16N2O3/c16-12(8-9-14(18)19)15(20)17-13-7-3-5-10-4-1-2-6-11(10)13/h1-7,12H,8-9,16H2,(H,17,20)(H,18,19)/p-1/t12-/m0/s1. The largest absolute Gasteiger partial charge is 0.861 e. The van der Waals surface area contributed by atoms with Crippen LogP contribution in [0.15, 0.2) is 47.5 Å². The van der Waals surface area contributed by atoms with Gasteiger partial charge in [0, 0.05) is 17.8 Å². The van der Waals surface area contributed by atoms with Crippen LogP contribution in [0.25, 0.3) is 10.8 Å². The molecule has 5 nitrogen and oxygen atoms in total. The molecule has 0 fully saturated rings. The van der Waals surface area contributed by atoms with Gasteiger partial charge in [-0.05, 0) is 23.8 Å². The van der Waals surface area contributed by atoms with Gasteiger partial charge in [-0.15, -0.1) is 0 Å². The van der Waals surface area contributed by atoms with Crippen LogP contribution in [0.5, 0.6) is 0 Å². The highest BCUT2D eigenvalue weighted by atomic mass is 16.4. The Labute approximate surface area is 116 Å². The molecule has 2 rings (SSSR count). The minimum Gasteiger partial charge on any atom is -0.861 e. The van der Waals surface area contributed by atoms with Crippen LogP contribution in [-0.2, 0) is 4.79 Å². The lowest BCUT2D eigenvalue weighted by molar-refractivity contribution is -0.220. The Morgan fingerprint density at radius 1 is 1.25 bits per heavy atom. The summed E-state index contributed by atoms with van der Waals surface area (Å²) in [5.74, 6) is -1.47. The smallest absolute Gasteiger partial charge is 0.303 e. The first-order valence-electron chi connectivity index (χ1n) is 6.28. The van der Waals surface area contributed by atoms with Crippen molar-refractivity contribution in [1.82, 2.24) is 0 Å². The molecule has 20 heavy (non-hydrogen) atoms. The molecule has 0 aliphatic carbocycles. The second-order valence-electron chi connectivity index (χ2n) is 4.49. The van der Waals surface area contributed by atoms with Gasteiger partial charge in [-0.1, -0.05) is 36.4 Å². The number of nitrogens with two attached hydrogens (primary N) is 1. The molecule has 0 aromatic heterocycles. The van der Waals surface area contributed by atoms with Crippen molar-refractivity contribution in [3.05, 3.63) is 42.5 Å². The van der Waals surface area contributed by atoms with Crippen molar-refractivity contribution in [1.29, 1.82) is 0 Å². The number of benzene rings is 2. The normalized spacial score (nSPS) is 13.3. The molecule has 0 spiro atoms. The highest BCUT2D eigenvalue weighted by molar-refractivity contribution is 5.95. The lowest BCUT2D eigenvalue weighted by Gasteiger charge is -2.18. The van der Waals surface area contributed by atoms with Crippen molar-refractivity contribution in [2.75, 3.05) is 0 Å². The van der Waals surface area contributed by atoms with Crippen molar-refractivity contribution >= 4 is 28.3 Å². The minimum atomic E-state index is -0.974. The number of rotatable bonds is 5. The van der Waals surface area contributed by atoms with Gasteiger partial charge in [0.25, 0.3) is 0 Å². The lowest BCUT2D eigenvalue weighted by atomic mass is 10.1. The van der Waals surface area contributed by atoms with Crippen molar-refractivity contribution in [2.45, 2.75) is 18.9 Å². The molecular formula is C15H15N2O3-. The molecule has 5 heteroatoms. The number of hydrogen-bond donors (Lipinski definition) is 2. The van der Waals surface area contributed by atoms with Gasteiger partial charge in [0.15, 0.2) is 0 Å². The van der Waals surface area contributed by atoms with Gasteiger partial charge in [0.2, 0.25) is 0 Å². The summed E-state index contributed by atoms with van der Waals surface area (Å²) in [6.45, 7) is 0. The molecule has 0 radical (unpaired) electrons. The zero-order valence-electron chi connectivity index (χ0n) is 10.8. The number of nitrogens with zero attached hydrogens (tertiary/aromatic N) is 1. The Morgan fingerprint density at radius 3 is 2.70 bits per heavy atom. The van der Waals surface area contributed by atoms with Crippen LogP contribution in [0, 0.1) is 0 Å². The summed E-state index contributed by atoms with van der Waals surface area (Å²) in [6.07, 6.45) is -0.0552. The van der Waals surface area contributed by atoms with Crippen LogP contribution in [0.3, 0.4) is 0 Å². The Balaban J connectivity index is 2.25. The van der Waals surface area contributed by atoms with E-state index in [1.807, 2.05) is 36.4 Å². The van der Waals surface area contributed by atoms with Crippen molar-refractivity contribution in [3.8, 4) is 0 Å². The molecule has 2 aromatic carbocycles. The van der Waals surface area contributed by atoms with Crippen LogP contribution >= 0.6 is 0 Å². The van der Waals surface area contributed by atoms with Gasteiger partial charge in [0.05, 0.1) is 5.69 Å². The fraction of sp³-hybridized carbons (Fsp3) is 0.200. The van der Waals surface area contributed by atoms with Crippen molar-refractivity contribution in [3.63, 3.8) is 0 Å². The van der Waals surface area contributed by atoms with Crippen molar-refractivity contribution in [2.24, 2.45) is 10.7 Å². The van der Waals surface area contributed by atoms with Crippen LogP contribution < -0.4 is 10.8 Å². The first-order chi connectivity index (χ1) is 9.58. The van der Waals surface area contributed by atoms with E-state index in [4.69, 9.17) is 10.8 Å². The molecule has 0 saturated heterocycles. The molecule has 104 valence electrons. The predicted molar refractivity (Wildman–Crippen MR) is 75.9 cm³/mol. The molecule has 0 unspecified atom stereocenters. The highest BCUT2D eigenvalue weighted by Crippen LogP contribution is 2.25. The number of aliphatic carboxylic acids is 1. The van der Waals surface area contributed by atoms with Gasteiger partial charge in [0.1, 0.15) is 0 Å². The molecule has 0 amide bonds. The van der Waals surface area contributed by atoms with Crippen LogP contribution in [-0.4, -0.2) is 23.0 Å². The quantitative estimate of drug-likeness (QED) is 0.634. The van der Waals surface area contributed by atoms with Crippen LogP contribution in [0.2, 0.25) is 0 Å². The first-order valence-corrected chi connectivity index (χ1v) is 6.28. The zero-order chi connectivity index (χ0) is 14.5. The number of carbonyl (C=O) groups is 1. The molecule has 0 aliphatic rings. The zero-order valence-corrected chi connectivity index (χ0v) is 10.8. The summed E-state index contributed by atoms with van der Waals surface area (Å²) in [6, 6.07) is 12.2. The van der Waals surface area contributed by atoms with E-state index in [9.17, 15) is 9.90 Å². The molecule has 0 bridgehead atoms. The monoisotopic (exact) mass is 271 g/mol. The van der Waals surface area contributed by atoms with E-state index in [1.165, 1.54) is 0 Å². The van der Waals surface area contributed by atoms with E-state index in [-0.39, 0.29) is 12.8 Å². The summed E-state index contributed by atoms with van der Waals surface area (Å²) in [5.41, 5.74) is 6.21. The number of aliphatic imine (C=N–C) groups is 1. The van der Waals surface area contributed by atoms with E-state index in [0.29, 0.717) is 5.69 Å². The summed E-state index contributed by atoms with van der Waals surface area (Å²) in [7, 11) is 0. The fourth-order valence-electron chi connectivity index (χ4n) is 1.91. The van der Waals surface area contributed by atoms with Crippen LogP contribution in [0.1, 0.15) is 12.8 Å². The molecule has 1 atom stereocenters. The Bertz CT molecular complexity index is 647. The summed E-state index contributed by atoms with van der Waals surface area (Å²) in [5, 5.41) is 22.3. The third kappa shape index (κ3) is 3.33. The SMILES string of the molecule is N[C@@H](CCC(=O)O)C([O-])=Nc1cccc2ccccc12. The molecule has 3 N–H and O–H groups in total. The van der Waals surface area contributed by atoms with Gasteiger partial charge >= 0.3 is 5.97 Å². The van der Waals surface area contributed by atoms with E-state index in [1.54, 1.807) is 6.07 Å². The second kappa shape index (κ2) is 6.16. The second-order valence-corrected chi connectivity index (χ2v) is 4.49. The van der Waals surface area contributed by atoms with E-state index >= 15 is 0 Å². The lowest BCUT2D eigenvalue weighted by Crippen LogP contribution is -2.39. The summed E-state index contributed by atoms with van der Waals surface area (Å²) < 4.78 is 0. The molecular weight excluding hydrogens is 256 g/mol. The maximum absolute atomic E-state index is 11.9. The van der Waals surface area contributed by atoms with E-state index in [0.717, 1.165) is 10.8 Å².